The Morgan fingerprint density at radius 3 is 2.44 bits per heavy atom. The summed E-state index contributed by atoms with van der Waals surface area (Å²) in [6.07, 6.45) is 3.95. The van der Waals surface area contributed by atoms with E-state index >= 15 is 0 Å². The number of likely N-dealkylation sites (tertiary alicyclic amines) is 2. The van der Waals surface area contributed by atoms with Gasteiger partial charge in [-0.05, 0) is 61.7 Å². The van der Waals surface area contributed by atoms with Crippen molar-refractivity contribution in [3.05, 3.63) is 59.4 Å². The molecule has 2 amide bonds. The van der Waals surface area contributed by atoms with E-state index in [1.165, 1.54) is 24.3 Å². The second-order valence-corrected chi connectivity index (χ2v) is 9.33. The molecule has 0 aliphatic carbocycles. The number of nitrogens with zero attached hydrogens (tertiary/aromatic N) is 2. The molecular weight excluding hydrogens is 459 g/mol. The largest absolute Gasteiger partial charge is 0.490 e. The number of carbonyl (C=O) groups excluding carboxylic acids is 2. The van der Waals surface area contributed by atoms with Gasteiger partial charge in [0, 0.05) is 50.0 Å². The van der Waals surface area contributed by atoms with Gasteiger partial charge < -0.3 is 19.3 Å². The molecule has 0 bridgehead atoms. The van der Waals surface area contributed by atoms with Crippen LogP contribution < -0.4 is 9.47 Å². The van der Waals surface area contributed by atoms with E-state index in [0.29, 0.717) is 42.5 Å². The highest BCUT2D eigenvalue weighted by atomic mass is 35.5. The molecule has 0 aromatic heterocycles. The molecule has 2 saturated heterocycles. The van der Waals surface area contributed by atoms with Gasteiger partial charge in [-0.1, -0.05) is 17.7 Å². The van der Waals surface area contributed by atoms with Gasteiger partial charge >= 0.3 is 0 Å². The fourth-order valence-electron chi connectivity index (χ4n) is 4.57. The Morgan fingerprint density at radius 1 is 0.941 bits per heavy atom. The second kappa shape index (κ2) is 11.6. The van der Waals surface area contributed by atoms with Crippen molar-refractivity contribution in [1.82, 2.24) is 9.80 Å². The molecule has 6 nitrogen and oxygen atoms in total. The summed E-state index contributed by atoms with van der Waals surface area (Å²) in [5, 5.41) is 0.587. The summed E-state index contributed by atoms with van der Waals surface area (Å²) < 4.78 is 24.9. The van der Waals surface area contributed by atoms with Gasteiger partial charge in [-0.15, -0.1) is 0 Å². The average Bonchev–Trinajstić information content (AvgIpc) is 2.85. The van der Waals surface area contributed by atoms with E-state index in [-0.39, 0.29) is 36.3 Å². The summed E-state index contributed by atoms with van der Waals surface area (Å²) in [6.45, 7) is 2.36. The number of benzene rings is 2. The lowest BCUT2D eigenvalue weighted by Crippen LogP contribution is -2.50. The van der Waals surface area contributed by atoms with E-state index in [4.69, 9.17) is 21.1 Å². The van der Waals surface area contributed by atoms with E-state index < -0.39 is 0 Å². The van der Waals surface area contributed by atoms with Crippen molar-refractivity contribution in [1.29, 1.82) is 0 Å². The monoisotopic (exact) mass is 488 g/mol. The lowest BCUT2D eigenvalue weighted by Gasteiger charge is -2.39. The van der Waals surface area contributed by atoms with E-state index in [9.17, 15) is 14.0 Å². The summed E-state index contributed by atoms with van der Waals surface area (Å²) in [6, 6.07) is 12.8. The zero-order chi connectivity index (χ0) is 23.9. The van der Waals surface area contributed by atoms with E-state index in [1.807, 2.05) is 17.0 Å². The molecular formula is C26H30ClFN2O4. The standard InChI is InChI=1S/C26H30ClFN2O4/c27-20-5-4-6-23(16-20)34-24-11-14-30(26(32)18-33-22-9-7-21(28)8-10-22)17-19(24)15-25(31)29-12-2-1-3-13-29/h4-10,16,19,24H,1-3,11-15,17-18H2/t19-,24-/m0/s1. The van der Waals surface area contributed by atoms with Crippen molar-refractivity contribution in [2.24, 2.45) is 5.92 Å². The predicted octanol–water partition coefficient (Wildman–Crippen LogP) is 4.56. The van der Waals surface area contributed by atoms with Gasteiger partial charge in [0.05, 0.1) is 0 Å². The lowest BCUT2D eigenvalue weighted by atomic mass is 9.90. The fourth-order valence-corrected chi connectivity index (χ4v) is 4.75. The Hall–Kier alpha value is -2.80. The Balaban J connectivity index is 1.40. The molecule has 0 spiro atoms. The van der Waals surface area contributed by atoms with Crippen molar-refractivity contribution in [3.63, 3.8) is 0 Å². The first-order valence-electron chi connectivity index (χ1n) is 11.8. The third-order valence-corrected chi connectivity index (χ3v) is 6.66. The van der Waals surface area contributed by atoms with Crippen LogP contribution in [-0.2, 0) is 9.59 Å². The quantitative estimate of drug-likeness (QED) is 0.573. The zero-order valence-corrected chi connectivity index (χ0v) is 19.9. The molecule has 2 aromatic rings. The average molecular weight is 489 g/mol. The zero-order valence-electron chi connectivity index (χ0n) is 19.1. The molecule has 0 N–H and O–H groups in total. The maximum atomic E-state index is 13.1. The van der Waals surface area contributed by atoms with Crippen molar-refractivity contribution in [2.75, 3.05) is 32.8 Å². The molecule has 0 radical (unpaired) electrons. The minimum atomic E-state index is -0.360. The molecule has 4 rings (SSSR count). The summed E-state index contributed by atoms with van der Waals surface area (Å²) in [4.78, 5) is 29.5. The molecule has 2 aliphatic heterocycles. The van der Waals surface area contributed by atoms with Crippen LogP contribution in [0.15, 0.2) is 48.5 Å². The molecule has 182 valence electrons. The maximum absolute atomic E-state index is 13.1. The van der Waals surface area contributed by atoms with Gasteiger partial charge in [0.25, 0.3) is 5.91 Å². The van der Waals surface area contributed by atoms with E-state index in [2.05, 4.69) is 0 Å². The predicted molar refractivity (Wildman–Crippen MR) is 127 cm³/mol. The number of hydrogen-bond donors (Lipinski definition) is 0. The number of amides is 2. The van der Waals surface area contributed by atoms with Crippen LogP contribution in [0, 0.1) is 11.7 Å². The molecule has 8 heteroatoms. The molecule has 2 heterocycles. The number of piperidine rings is 2. The van der Waals surface area contributed by atoms with Gasteiger partial charge in [0.2, 0.25) is 5.91 Å². The normalized spacial score (nSPS) is 20.6. The minimum absolute atomic E-state index is 0.112. The number of rotatable bonds is 7. The highest BCUT2D eigenvalue weighted by molar-refractivity contribution is 6.30. The van der Waals surface area contributed by atoms with E-state index in [0.717, 1.165) is 32.4 Å². The van der Waals surface area contributed by atoms with Gasteiger partial charge in [-0.3, -0.25) is 9.59 Å². The number of ether oxygens (including phenoxy) is 2. The number of carbonyl (C=O) groups is 2. The Bertz CT molecular complexity index is 981. The summed E-state index contributed by atoms with van der Waals surface area (Å²) >= 11 is 6.12. The molecule has 34 heavy (non-hydrogen) atoms. The Kier molecular flexibility index (Phi) is 8.27. The highest BCUT2D eigenvalue weighted by Gasteiger charge is 2.35. The Labute approximate surface area is 204 Å². The summed E-state index contributed by atoms with van der Waals surface area (Å²) in [5.74, 6) is 0.541. The van der Waals surface area contributed by atoms with Crippen LogP contribution in [0.3, 0.4) is 0 Å². The van der Waals surface area contributed by atoms with Crippen LogP contribution in [0.1, 0.15) is 32.1 Å². The van der Waals surface area contributed by atoms with Gasteiger partial charge in [-0.2, -0.15) is 0 Å². The third-order valence-electron chi connectivity index (χ3n) is 6.42. The first-order valence-corrected chi connectivity index (χ1v) is 12.2. The van der Waals surface area contributed by atoms with Crippen LogP contribution in [0.25, 0.3) is 0 Å². The van der Waals surface area contributed by atoms with Gasteiger partial charge in [0.1, 0.15) is 23.4 Å². The van der Waals surface area contributed by atoms with Crippen molar-refractivity contribution in [3.8, 4) is 11.5 Å². The first kappa shape index (κ1) is 24.3. The SMILES string of the molecule is O=C(C[C@H]1CN(C(=O)COc2ccc(F)cc2)CC[C@@H]1Oc1cccc(Cl)c1)N1CCCCC1. The second-order valence-electron chi connectivity index (χ2n) is 8.89. The topological polar surface area (TPSA) is 59.1 Å². The lowest BCUT2D eigenvalue weighted by molar-refractivity contribution is -0.140. The first-order chi connectivity index (χ1) is 16.5. The fraction of sp³-hybridized carbons (Fsp3) is 0.462. The minimum Gasteiger partial charge on any atom is -0.490 e. The molecule has 0 saturated carbocycles. The maximum Gasteiger partial charge on any atom is 0.260 e. The molecule has 0 unspecified atom stereocenters. The van der Waals surface area contributed by atoms with Crippen LogP contribution in [-0.4, -0.2) is 60.5 Å². The third kappa shape index (κ3) is 6.63. The Morgan fingerprint density at radius 2 is 1.71 bits per heavy atom. The molecule has 2 atom stereocenters. The number of halogens is 2. The van der Waals surface area contributed by atoms with Gasteiger partial charge in [0.15, 0.2) is 6.61 Å². The van der Waals surface area contributed by atoms with Crippen molar-refractivity contribution < 1.29 is 23.5 Å². The van der Waals surface area contributed by atoms with Crippen molar-refractivity contribution >= 4 is 23.4 Å². The summed E-state index contributed by atoms with van der Waals surface area (Å²) in [7, 11) is 0. The summed E-state index contributed by atoms with van der Waals surface area (Å²) in [5.41, 5.74) is 0. The van der Waals surface area contributed by atoms with E-state index in [1.54, 1.807) is 17.0 Å². The molecule has 2 aliphatic rings. The smallest absolute Gasteiger partial charge is 0.260 e. The number of hydrogen-bond acceptors (Lipinski definition) is 4. The van der Waals surface area contributed by atoms with Crippen LogP contribution in [0.5, 0.6) is 11.5 Å². The molecule has 2 fully saturated rings. The van der Waals surface area contributed by atoms with Crippen LogP contribution >= 0.6 is 11.6 Å². The molecule has 2 aromatic carbocycles. The highest BCUT2D eigenvalue weighted by Crippen LogP contribution is 2.28. The van der Waals surface area contributed by atoms with Gasteiger partial charge in [-0.25, -0.2) is 4.39 Å². The van der Waals surface area contributed by atoms with Crippen LogP contribution in [0.2, 0.25) is 5.02 Å². The van der Waals surface area contributed by atoms with Crippen molar-refractivity contribution in [2.45, 2.75) is 38.2 Å². The van der Waals surface area contributed by atoms with Crippen LogP contribution in [0.4, 0.5) is 4.39 Å².